The lowest BCUT2D eigenvalue weighted by Crippen LogP contribution is -2.29. The molecule has 5 aromatic rings. The minimum Gasteiger partial charge on any atom is -0.487 e. The summed E-state index contributed by atoms with van der Waals surface area (Å²) in [7, 11) is 0. The maximum absolute atomic E-state index is 11.0. The van der Waals surface area contributed by atoms with Gasteiger partial charge in [-0.3, -0.25) is 4.79 Å². The van der Waals surface area contributed by atoms with Crippen molar-refractivity contribution < 1.29 is 9.53 Å². The van der Waals surface area contributed by atoms with E-state index in [9.17, 15) is 4.79 Å². The summed E-state index contributed by atoms with van der Waals surface area (Å²) in [5.41, 5.74) is 6.36. The third-order valence-corrected chi connectivity index (χ3v) is 8.27. The van der Waals surface area contributed by atoms with Gasteiger partial charge >= 0.3 is 0 Å². The van der Waals surface area contributed by atoms with Gasteiger partial charge in [0, 0.05) is 37.5 Å². The zero-order chi connectivity index (χ0) is 28.8. The zero-order valence-corrected chi connectivity index (χ0v) is 25.1. The molecule has 210 valence electrons. The van der Waals surface area contributed by atoms with Crippen LogP contribution in [-0.4, -0.2) is 23.4 Å². The molecule has 0 radical (unpaired) electrons. The molecule has 0 unspecified atom stereocenters. The van der Waals surface area contributed by atoms with Crippen LogP contribution in [0.5, 0.6) is 5.75 Å². The Morgan fingerprint density at radius 3 is 2.54 bits per heavy atom. The van der Waals surface area contributed by atoms with E-state index in [0.717, 1.165) is 49.4 Å². The molecule has 0 saturated heterocycles. The Balaban J connectivity index is 1.29. The number of para-hydroxylation sites is 1. The van der Waals surface area contributed by atoms with Crippen LogP contribution < -0.4 is 20.7 Å². The second-order valence-corrected chi connectivity index (χ2v) is 11.2. The lowest BCUT2D eigenvalue weighted by atomic mass is 9.96. The topological polar surface area (TPSA) is 75.3 Å². The van der Waals surface area contributed by atoms with Crippen molar-refractivity contribution in [2.24, 2.45) is 0 Å². The lowest BCUT2D eigenvalue weighted by Gasteiger charge is -2.15. The minimum absolute atomic E-state index is 0.0336. The van der Waals surface area contributed by atoms with E-state index < -0.39 is 0 Å². The van der Waals surface area contributed by atoms with Crippen LogP contribution in [-0.2, 0) is 17.9 Å². The number of aromatic nitrogens is 1. The fourth-order valence-corrected chi connectivity index (χ4v) is 5.88. The van der Waals surface area contributed by atoms with E-state index in [1.165, 1.54) is 18.5 Å². The maximum Gasteiger partial charge on any atom is 0.216 e. The van der Waals surface area contributed by atoms with Crippen LogP contribution in [0.2, 0.25) is 10.0 Å². The number of hydrogen-bond acceptors (Lipinski definition) is 6. The number of nitrogens with zero attached hydrogens (tertiary/aromatic N) is 1. The van der Waals surface area contributed by atoms with E-state index >= 15 is 0 Å². The molecule has 0 bridgehead atoms. The molecule has 5 rings (SSSR count). The van der Waals surface area contributed by atoms with Crippen molar-refractivity contribution in [1.29, 1.82) is 0 Å². The first-order chi connectivity index (χ1) is 19.9. The molecule has 0 saturated carbocycles. The average Bonchev–Trinajstić information content (AvgIpc) is 3.37. The molecule has 1 aromatic heterocycles. The number of anilines is 2. The number of fused-ring (bicyclic) bond motifs is 1. The highest BCUT2D eigenvalue weighted by molar-refractivity contribution is 7.14. The van der Waals surface area contributed by atoms with Gasteiger partial charge in [0.15, 0.2) is 5.82 Å². The summed E-state index contributed by atoms with van der Waals surface area (Å²) in [6.07, 6.45) is 0. The standard InChI is InChI=1S/C32H30Cl2N4O2S/c1-20-23(19-40-30-14-13-22(17-28(30)34)18-35-15-16-36-21(2)39)7-5-8-24(20)25-9-6-10-26-31(25)41-38-32(26)37-29-12-4-3-11-27(29)33/h3-14,17,35H,15-16,18-19H2,1-2H3,(H,36,39)(H,37,38). The van der Waals surface area contributed by atoms with E-state index in [2.05, 4.69) is 59.3 Å². The van der Waals surface area contributed by atoms with E-state index in [4.69, 9.17) is 32.3 Å². The molecular formula is C32H30Cl2N4O2S. The van der Waals surface area contributed by atoms with Gasteiger partial charge in [0.05, 0.1) is 20.4 Å². The van der Waals surface area contributed by atoms with Crippen LogP contribution in [0, 0.1) is 6.92 Å². The van der Waals surface area contributed by atoms with Gasteiger partial charge in [-0.2, -0.15) is 4.37 Å². The van der Waals surface area contributed by atoms with Crippen LogP contribution in [0.25, 0.3) is 21.2 Å². The average molecular weight is 606 g/mol. The molecule has 0 spiro atoms. The number of amides is 1. The minimum atomic E-state index is -0.0336. The van der Waals surface area contributed by atoms with Crippen molar-refractivity contribution in [1.82, 2.24) is 15.0 Å². The normalized spacial score (nSPS) is 11.0. The lowest BCUT2D eigenvalue weighted by molar-refractivity contribution is -0.118. The van der Waals surface area contributed by atoms with Crippen molar-refractivity contribution >= 4 is 62.2 Å². The number of rotatable bonds is 11. The number of carbonyl (C=O) groups excluding carboxylic acids is 1. The third-order valence-electron chi connectivity index (χ3n) is 6.75. The first kappa shape index (κ1) is 28.9. The largest absolute Gasteiger partial charge is 0.487 e. The van der Waals surface area contributed by atoms with Gasteiger partial charge in [-0.05, 0) is 71.0 Å². The van der Waals surface area contributed by atoms with Crippen molar-refractivity contribution in [2.45, 2.75) is 27.0 Å². The fraction of sp³-hybridized carbons (Fsp3) is 0.188. The van der Waals surface area contributed by atoms with E-state index in [1.807, 2.05) is 42.5 Å². The summed E-state index contributed by atoms with van der Waals surface area (Å²) in [4.78, 5) is 11.0. The van der Waals surface area contributed by atoms with Gasteiger partial charge in [-0.25, -0.2) is 0 Å². The molecule has 4 aromatic carbocycles. The Morgan fingerprint density at radius 2 is 1.73 bits per heavy atom. The first-order valence-corrected chi connectivity index (χ1v) is 14.8. The number of ether oxygens (including phenoxy) is 1. The highest BCUT2D eigenvalue weighted by atomic mass is 35.5. The predicted molar refractivity (Wildman–Crippen MR) is 171 cm³/mol. The van der Waals surface area contributed by atoms with Crippen LogP contribution in [0.3, 0.4) is 0 Å². The first-order valence-electron chi connectivity index (χ1n) is 13.3. The molecule has 0 aliphatic heterocycles. The van der Waals surface area contributed by atoms with Crippen LogP contribution in [0.4, 0.5) is 11.5 Å². The number of hydrogen-bond donors (Lipinski definition) is 3. The van der Waals surface area contributed by atoms with Crippen molar-refractivity contribution in [3.63, 3.8) is 0 Å². The Morgan fingerprint density at radius 1 is 0.927 bits per heavy atom. The second kappa shape index (κ2) is 13.4. The van der Waals surface area contributed by atoms with E-state index in [0.29, 0.717) is 42.0 Å². The van der Waals surface area contributed by atoms with Gasteiger partial charge in [0.2, 0.25) is 5.91 Å². The summed E-state index contributed by atoms with van der Waals surface area (Å²) in [6.45, 7) is 5.94. The molecule has 0 aliphatic rings. The van der Waals surface area contributed by atoms with Crippen LogP contribution in [0.1, 0.15) is 23.6 Å². The van der Waals surface area contributed by atoms with E-state index in [-0.39, 0.29) is 5.91 Å². The van der Waals surface area contributed by atoms with Crippen molar-refractivity contribution in [3.8, 4) is 16.9 Å². The Kier molecular flexibility index (Phi) is 9.42. The Hall–Kier alpha value is -3.62. The van der Waals surface area contributed by atoms with E-state index in [1.54, 1.807) is 0 Å². The highest BCUT2D eigenvalue weighted by Gasteiger charge is 2.15. The molecule has 0 atom stereocenters. The quantitative estimate of drug-likeness (QED) is 0.133. The zero-order valence-electron chi connectivity index (χ0n) is 22.8. The molecule has 1 heterocycles. The summed E-state index contributed by atoms with van der Waals surface area (Å²) < 4.78 is 12.0. The number of carbonyl (C=O) groups is 1. The molecule has 0 fully saturated rings. The monoisotopic (exact) mass is 604 g/mol. The second-order valence-electron chi connectivity index (χ2n) is 9.62. The highest BCUT2D eigenvalue weighted by Crippen LogP contribution is 2.39. The molecule has 1 amide bonds. The fourth-order valence-electron chi connectivity index (χ4n) is 4.57. The molecule has 0 aliphatic carbocycles. The summed E-state index contributed by atoms with van der Waals surface area (Å²) in [5, 5.41) is 11.7. The predicted octanol–water partition coefficient (Wildman–Crippen LogP) is 8.13. The number of benzene rings is 4. The maximum atomic E-state index is 11.0. The SMILES string of the molecule is CC(=O)NCCNCc1ccc(OCc2cccc(-c3cccc4c(Nc5ccccc5Cl)nsc34)c2C)c(Cl)c1. The Labute approximate surface area is 253 Å². The number of halogens is 2. The Bertz CT molecular complexity index is 1690. The third kappa shape index (κ3) is 7.00. The molecule has 41 heavy (non-hydrogen) atoms. The molecular weight excluding hydrogens is 575 g/mol. The van der Waals surface area contributed by atoms with Crippen LogP contribution in [0.15, 0.2) is 78.9 Å². The van der Waals surface area contributed by atoms with Crippen LogP contribution >= 0.6 is 34.7 Å². The van der Waals surface area contributed by atoms with Crippen molar-refractivity contribution in [3.05, 3.63) is 106 Å². The van der Waals surface area contributed by atoms with Gasteiger partial charge in [0.1, 0.15) is 12.4 Å². The summed E-state index contributed by atoms with van der Waals surface area (Å²) in [5.74, 6) is 1.39. The van der Waals surface area contributed by atoms with Gasteiger partial charge < -0.3 is 20.7 Å². The summed E-state index contributed by atoms with van der Waals surface area (Å²) in [6, 6.07) is 26.0. The van der Waals surface area contributed by atoms with Gasteiger partial charge in [-0.15, -0.1) is 0 Å². The molecule has 3 N–H and O–H groups in total. The smallest absolute Gasteiger partial charge is 0.216 e. The van der Waals surface area contributed by atoms with Crippen molar-refractivity contribution in [2.75, 3.05) is 18.4 Å². The van der Waals surface area contributed by atoms with Gasteiger partial charge in [-0.1, -0.05) is 71.7 Å². The summed E-state index contributed by atoms with van der Waals surface area (Å²) >= 11 is 14.4. The number of nitrogens with one attached hydrogen (secondary N) is 3. The molecule has 9 heteroatoms. The van der Waals surface area contributed by atoms with Gasteiger partial charge in [0.25, 0.3) is 0 Å². The molecule has 6 nitrogen and oxygen atoms in total.